The third kappa shape index (κ3) is 4.97. The summed E-state index contributed by atoms with van der Waals surface area (Å²) in [6.07, 6.45) is 0.930. The van der Waals surface area contributed by atoms with Crippen LogP contribution in [0.5, 0.6) is 0 Å². The van der Waals surface area contributed by atoms with Crippen molar-refractivity contribution in [1.82, 2.24) is 24.9 Å². The van der Waals surface area contributed by atoms with Crippen LogP contribution in [-0.2, 0) is 4.79 Å². The average Bonchev–Trinajstić information content (AvgIpc) is 2.99. The summed E-state index contributed by atoms with van der Waals surface area (Å²) in [5.74, 6) is 0.0597. The molecule has 1 aliphatic heterocycles. The second kappa shape index (κ2) is 9.41. The monoisotopic (exact) mass is 417 g/mol. The molecule has 7 nitrogen and oxygen atoms in total. The fraction of sp³-hybridized carbons (Fsp3) is 0.476. The van der Waals surface area contributed by atoms with E-state index in [4.69, 9.17) is 11.6 Å². The Morgan fingerprint density at radius 3 is 2.31 bits per heavy atom. The molecule has 8 heteroatoms. The molecule has 0 radical (unpaired) electrons. The number of carbonyl (C=O) groups excluding carboxylic acids is 2. The van der Waals surface area contributed by atoms with E-state index < -0.39 is 0 Å². The minimum absolute atomic E-state index is 0.0121. The number of nitrogens with zero attached hydrogens (tertiary/aromatic N) is 4. The van der Waals surface area contributed by atoms with Crippen molar-refractivity contribution >= 4 is 23.4 Å². The van der Waals surface area contributed by atoms with E-state index in [1.54, 1.807) is 4.68 Å². The third-order valence-corrected chi connectivity index (χ3v) is 5.71. The molecule has 1 aromatic carbocycles. The molecule has 2 heterocycles. The maximum Gasteiger partial charge on any atom is 0.253 e. The largest absolute Gasteiger partial charge is 0.355 e. The third-order valence-electron chi connectivity index (χ3n) is 5.16. The first kappa shape index (κ1) is 21.3. The van der Waals surface area contributed by atoms with E-state index in [0.29, 0.717) is 49.9 Å². The minimum atomic E-state index is 0.0121. The number of halogens is 1. The van der Waals surface area contributed by atoms with Gasteiger partial charge in [0, 0.05) is 38.3 Å². The van der Waals surface area contributed by atoms with Gasteiger partial charge in [-0.1, -0.05) is 18.5 Å². The number of carbonyl (C=O) groups is 2. The Hall–Kier alpha value is -2.38. The van der Waals surface area contributed by atoms with Crippen LogP contribution in [0.4, 0.5) is 0 Å². The van der Waals surface area contributed by atoms with Gasteiger partial charge in [-0.3, -0.25) is 14.5 Å². The number of aryl methyl sites for hydroxylation is 1. The molecule has 3 rings (SSSR count). The summed E-state index contributed by atoms with van der Waals surface area (Å²) < 4.78 is 1.79. The molecule has 0 atom stereocenters. The van der Waals surface area contributed by atoms with Crippen LogP contribution in [0.2, 0.25) is 5.02 Å². The molecular weight excluding hydrogens is 390 g/mol. The first-order valence-electron chi connectivity index (χ1n) is 10.0. The number of nitrogens with one attached hydrogen (secondary N) is 1. The molecule has 156 valence electrons. The first-order chi connectivity index (χ1) is 13.9. The minimum Gasteiger partial charge on any atom is -0.355 e. The van der Waals surface area contributed by atoms with Crippen molar-refractivity contribution in [3.63, 3.8) is 0 Å². The summed E-state index contributed by atoms with van der Waals surface area (Å²) >= 11 is 6.23. The molecule has 0 spiro atoms. The lowest BCUT2D eigenvalue weighted by molar-refractivity contribution is -0.122. The first-order valence-corrected chi connectivity index (χ1v) is 10.4. The van der Waals surface area contributed by atoms with E-state index in [2.05, 4.69) is 15.3 Å². The molecule has 1 saturated heterocycles. The van der Waals surface area contributed by atoms with E-state index in [1.807, 2.05) is 49.9 Å². The zero-order chi connectivity index (χ0) is 21.0. The average molecular weight is 418 g/mol. The topological polar surface area (TPSA) is 70.5 Å². The van der Waals surface area contributed by atoms with Crippen molar-refractivity contribution in [2.24, 2.45) is 0 Å². The highest BCUT2D eigenvalue weighted by Gasteiger charge is 2.23. The van der Waals surface area contributed by atoms with Crippen LogP contribution in [-0.4, -0.2) is 70.7 Å². The lowest BCUT2D eigenvalue weighted by Gasteiger charge is -2.34. The van der Waals surface area contributed by atoms with E-state index in [9.17, 15) is 9.59 Å². The molecule has 1 fully saturated rings. The van der Waals surface area contributed by atoms with Gasteiger partial charge in [-0.05, 0) is 44.5 Å². The number of piperazine rings is 1. The Balaban J connectivity index is 1.57. The van der Waals surface area contributed by atoms with Crippen molar-refractivity contribution in [3.8, 4) is 5.69 Å². The molecule has 2 aromatic rings. The lowest BCUT2D eigenvalue weighted by atomic mass is 10.1. The van der Waals surface area contributed by atoms with Crippen molar-refractivity contribution in [1.29, 1.82) is 0 Å². The van der Waals surface area contributed by atoms with Crippen LogP contribution in [0.15, 0.2) is 24.3 Å². The Morgan fingerprint density at radius 1 is 1.10 bits per heavy atom. The van der Waals surface area contributed by atoms with Gasteiger partial charge in [-0.2, -0.15) is 5.10 Å². The number of aromatic nitrogens is 2. The van der Waals surface area contributed by atoms with Crippen LogP contribution in [0.1, 0.15) is 35.1 Å². The number of hydrogen-bond acceptors (Lipinski definition) is 4. The van der Waals surface area contributed by atoms with E-state index >= 15 is 0 Å². The van der Waals surface area contributed by atoms with Gasteiger partial charge in [0.1, 0.15) is 0 Å². The van der Waals surface area contributed by atoms with E-state index in [1.165, 1.54) is 0 Å². The van der Waals surface area contributed by atoms with Crippen LogP contribution in [0, 0.1) is 13.8 Å². The van der Waals surface area contributed by atoms with Crippen LogP contribution in [0.3, 0.4) is 0 Å². The summed E-state index contributed by atoms with van der Waals surface area (Å²) in [4.78, 5) is 28.6. The normalized spacial score (nSPS) is 14.8. The molecule has 0 aliphatic carbocycles. The summed E-state index contributed by atoms with van der Waals surface area (Å²) in [7, 11) is 0. The van der Waals surface area contributed by atoms with E-state index in [0.717, 1.165) is 23.5 Å². The number of rotatable bonds is 6. The number of amides is 2. The Kier molecular flexibility index (Phi) is 6.92. The molecule has 1 aromatic heterocycles. The zero-order valence-corrected chi connectivity index (χ0v) is 18.0. The second-order valence-corrected chi connectivity index (χ2v) is 7.74. The van der Waals surface area contributed by atoms with Crippen LogP contribution < -0.4 is 5.32 Å². The Morgan fingerprint density at radius 2 is 1.76 bits per heavy atom. The van der Waals surface area contributed by atoms with Crippen LogP contribution >= 0.6 is 11.6 Å². The van der Waals surface area contributed by atoms with E-state index in [-0.39, 0.29) is 11.8 Å². The molecule has 1 aliphatic rings. The summed E-state index contributed by atoms with van der Waals surface area (Å²) in [6, 6.07) is 7.42. The Labute approximate surface area is 176 Å². The van der Waals surface area contributed by atoms with Gasteiger partial charge < -0.3 is 10.2 Å². The summed E-state index contributed by atoms with van der Waals surface area (Å²) in [6.45, 7) is 9.56. The maximum absolute atomic E-state index is 12.8. The van der Waals surface area contributed by atoms with Gasteiger partial charge in [0.15, 0.2) is 0 Å². The highest BCUT2D eigenvalue weighted by molar-refractivity contribution is 6.31. The zero-order valence-electron chi connectivity index (χ0n) is 17.2. The summed E-state index contributed by atoms with van der Waals surface area (Å²) in [5, 5.41) is 8.00. The molecule has 0 bridgehead atoms. The molecule has 29 heavy (non-hydrogen) atoms. The Bertz CT molecular complexity index is 870. The van der Waals surface area contributed by atoms with Gasteiger partial charge in [0.05, 0.1) is 28.6 Å². The highest BCUT2D eigenvalue weighted by Crippen LogP contribution is 2.22. The molecular formula is C21H28ClN5O2. The predicted octanol–water partition coefficient (Wildman–Crippen LogP) is 2.43. The lowest BCUT2D eigenvalue weighted by Crippen LogP contribution is -2.51. The fourth-order valence-electron chi connectivity index (χ4n) is 3.44. The van der Waals surface area contributed by atoms with Crippen molar-refractivity contribution < 1.29 is 9.59 Å². The predicted molar refractivity (Wildman–Crippen MR) is 114 cm³/mol. The molecule has 0 saturated carbocycles. The fourth-order valence-corrected chi connectivity index (χ4v) is 3.55. The van der Waals surface area contributed by atoms with Crippen LogP contribution in [0.25, 0.3) is 5.69 Å². The molecule has 2 amide bonds. The van der Waals surface area contributed by atoms with Gasteiger partial charge >= 0.3 is 0 Å². The van der Waals surface area contributed by atoms with Crippen molar-refractivity contribution in [2.75, 3.05) is 39.3 Å². The SMILES string of the molecule is CCCNC(=O)CN1CCN(C(=O)c2ccc(-n3nc(C)c(Cl)c3C)cc2)CC1. The molecule has 1 N–H and O–H groups in total. The number of hydrogen-bond donors (Lipinski definition) is 1. The van der Waals surface area contributed by atoms with Gasteiger partial charge in [-0.15, -0.1) is 0 Å². The van der Waals surface area contributed by atoms with Crippen molar-refractivity contribution in [3.05, 3.63) is 46.2 Å². The number of benzene rings is 1. The van der Waals surface area contributed by atoms with Gasteiger partial charge in [-0.25, -0.2) is 4.68 Å². The van der Waals surface area contributed by atoms with Gasteiger partial charge in [0.25, 0.3) is 5.91 Å². The summed E-state index contributed by atoms with van der Waals surface area (Å²) in [5.41, 5.74) is 3.18. The van der Waals surface area contributed by atoms with Gasteiger partial charge in [0.2, 0.25) is 5.91 Å². The molecule has 0 unspecified atom stereocenters. The highest BCUT2D eigenvalue weighted by atomic mass is 35.5. The standard InChI is InChI=1S/C21H28ClN5O2/c1-4-9-23-19(28)14-25-10-12-26(13-11-25)21(29)17-5-7-18(8-6-17)27-16(3)20(22)15(2)24-27/h5-8H,4,9-14H2,1-3H3,(H,23,28). The quantitative estimate of drug-likeness (QED) is 0.783. The van der Waals surface area contributed by atoms with Crippen molar-refractivity contribution in [2.45, 2.75) is 27.2 Å². The smallest absolute Gasteiger partial charge is 0.253 e. The second-order valence-electron chi connectivity index (χ2n) is 7.36. The maximum atomic E-state index is 12.8.